The third-order valence-electron chi connectivity index (χ3n) is 1.58. The van der Waals surface area contributed by atoms with Crippen molar-refractivity contribution in [2.24, 2.45) is 0 Å². The molecule has 2 N–H and O–H groups in total. The lowest BCUT2D eigenvalue weighted by molar-refractivity contribution is -0.111. The summed E-state index contributed by atoms with van der Waals surface area (Å²) in [5, 5.41) is 2.37. The second kappa shape index (κ2) is 4.24. The highest BCUT2D eigenvalue weighted by molar-refractivity contribution is 7.85. The maximum atomic E-state index is 10.9. The lowest BCUT2D eigenvalue weighted by atomic mass is 10.3. The van der Waals surface area contributed by atoms with Gasteiger partial charge in [0.2, 0.25) is 5.91 Å². The van der Waals surface area contributed by atoms with E-state index in [-0.39, 0.29) is 10.6 Å². The zero-order valence-corrected chi connectivity index (χ0v) is 8.49. The predicted molar refractivity (Wildman–Crippen MR) is 55.1 cm³/mol. The first-order chi connectivity index (χ1) is 6.93. The Kier molecular flexibility index (Phi) is 3.23. The summed E-state index contributed by atoms with van der Waals surface area (Å²) in [5.74, 6) is -0.456. The summed E-state index contributed by atoms with van der Waals surface area (Å²) < 4.78 is 30.3. The van der Waals surface area contributed by atoms with E-state index in [2.05, 4.69) is 11.9 Å². The monoisotopic (exact) mass is 227 g/mol. The Hall–Kier alpha value is -1.66. The van der Waals surface area contributed by atoms with Crippen molar-refractivity contribution in [3.05, 3.63) is 36.9 Å². The molecule has 1 amide bonds. The van der Waals surface area contributed by atoms with Crippen LogP contribution in [0.1, 0.15) is 0 Å². The van der Waals surface area contributed by atoms with E-state index in [0.29, 0.717) is 0 Å². The number of hydrogen-bond donors (Lipinski definition) is 2. The minimum atomic E-state index is -4.24. The number of carbonyl (C=O) groups is 1. The zero-order chi connectivity index (χ0) is 11.5. The molecule has 0 spiro atoms. The molecule has 0 aromatic heterocycles. The minimum Gasteiger partial charge on any atom is -0.322 e. The number of carbonyl (C=O) groups excluding carboxylic acids is 1. The molecule has 0 aliphatic heterocycles. The van der Waals surface area contributed by atoms with Crippen molar-refractivity contribution in [1.29, 1.82) is 0 Å². The molecule has 80 valence electrons. The van der Waals surface area contributed by atoms with Gasteiger partial charge in [0.15, 0.2) is 0 Å². The van der Waals surface area contributed by atoms with Gasteiger partial charge >= 0.3 is 0 Å². The molecule has 5 nitrogen and oxygen atoms in total. The van der Waals surface area contributed by atoms with Crippen LogP contribution in [0.25, 0.3) is 0 Å². The van der Waals surface area contributed by atoms with Gasteiger partial charge < -0.3 is 5.32 Å². The normalized spacial score (nSPS) is 10.7. The number of hydrogen-bond acceptors (Lipinski definition) is 3. The van der Waals surface area contributed by atoms with Crippen LogP contribution in [0.4, 0.5) is 5.69 Å². The van der Waals surface area contributed by atoms with Crippen molar-refractivity contribution in [3.8, 4) is 0 Å². The van der Waals surface area contributed by atoms with Crippen LogP contribution in [0.5, 0.6) is 0 Å². The fraction of sp³-hybridized carbons (Fsp3) is 0. The lowest BCUT2D eigenvalue weighted by Crippen LogP contribution is -2.08. The smallest absolute Gasteiger partial charge is 0.294 e. The summed E-state index contributed by atoms with van der Waals surface area (Å²) in [5.41, 5.74) is 0.273. The van der Waals surface area contributed by atoms with Gasteiger partial charge in [0.1, 0.15) is 0 Å². The quantitative estimate of drug-likeness (QED) is 0.597. The summed E-state index contributed by atoms with van der Waals surface area (Å²) >= 11 is 0. The summed E-state index contributed by atoms with van der Waals surface area (Å²) in [6.45, 7) is 3.25. The Bertz CT molecular complexity index is 493. The third kappa shape index (κ3) is 3.19. The largest absolute Gasteiger partial charge is 0.322 e. The Balaban J connectivity index is 3.03. The van der Waals surface area contributed by atoms with Gasteiger partial charge in [-0.3, -0.25) is 9.35 Å². The lowest BCUT2D eigenvalue weighted by Gasteiger charge is -2.03. The van der Waals surface area contributed by atoms with Gasteiger partial charge in [-0.1, -0.05) is 12.6 Å². The zero-order valence-electron chi connectivity index (χ0n) is 7.67. The molecule has 0 aliphatic carbocycles. The number of anilines is 1. The molecule has 1 aromatic rings. The summed E-state index contributed by atoms with van der Waals surface area (Å²) in [6, 6.07) is 5.27. The van der Waals surface area contributed by atoms with Gasteiger partial charge in [0.25, 0.3) is 10.1 Å². The highest BCUT2D eigenvalue weighted by Gasteiger charge is 2.09. The van der Waals surface area contributed by atoms with Crippen LogP contribution in [0.2, 0.25) is 0 Å². The van der Waals surface area contributed by atoms with Crippen molar-refractivity contribution in [2.75, 3.05) is 5.32 Å². The van der Waals surface area contributed by atoms with Gasteiger partial charge in [-0.15, -0.1) is 0 Å². The molecular weight excluding hydrogens is 218 g/mol. The van der Waals surface area contributed by atoms with Crippen molar-refractivity contribution < 1.29 is 17.8 Å². The van der Waals surface area contributed by atoms with Crippen LogP contribution in [0, 0.1) is 0 Å². The average Bonchev–Trinajstić information content (AvgIpc) is 2.17. The summed E-state index contributed by atoms with van der Waals surface area (Å²) in [7, 11) is -4.24. The van der Waals surface area contributed by atoms with Crippen molar-refractivity contribution in [1.82, 2.24) is 0 Å². The van der Waals surface area contributed by atoms with Gasteiger partial charge in [-0.25, -0.2) is 0 Å². The minimum absolute atomic E-state index is 0.273. The SMILES string of the molecule is C=CC(=O)Nc1cccc(S(=O)(=O)O)c1. The first-order valence-electron chi connectivity index (χ1n) is 3.94. The Morgan fingerprint density at radius 1 is 1.47 bits per heavy atom. The first-order valence-corrected chi connectivity index (χ1v) is 5.38. The van der Waals surface area contributed by atoms with Gasteiger partial charge in [0.05, 0.1) is 4.90 Å². The highest BCUT2D eigenvalue weighted by atomic mass is 32.2. The van der Waals surface area contributed by atoms with Crippen LogP contribution in [0.15, 0.2) is 41.8 Å². The molecule has 0 unspecified atom stereocenters. The Morgan fingerprint density at radius 3 is 2.67 bits per heavy atom. The molecule has 0 saturated heterocycles. The van der Waals surface area contributed by atoms with Crippen LogP contribution in [-0.2, 0) is 14.9 Å². The van der Waals surface area contributed by atoms with Gasteiger partial charge in [-0.2, -0.15) is 8.42 Å². The Labute approximate surface area is 87.2 Å². The third-order valence-corrected chi connectivity index (χ3v) is 2.43. The van der Waals surface area contributed by atoms with E-state index < -0.39 is 16.0 Å². The molecule has 0 bridgehead atoms. The molecule has 1 aromatic carbocycles. The fourth-order valence-corrected chi connectivity index (χ4v) is 1.45. The van der Waals surface area contributed by atoms with Gasteiger partial charge in [0, 0.05) is 5.69 Å². The van der Waals surface area contributed by atoms with Crippen molar-refractivity contribution in [2.45, 2.75) is 4.90 Å². The van der Waals surface area contributed by atoms with E-state index in [4.69, 9.17) is 4.55 Å². The van der Waals surface area contributed by atoms with Crippen LogP contribution in [-0.4, -0.2) is 18.9 Å². The maximum absolute atomic E-state index is 10.9. The van der Waals surface area contributed by atoms with E-state index in [1.807, 2.05) is 0 Å². The summed E-state index contributed by atoms with van der Waals surface area (Å²) in [6.07, 6.45) is 1.06. The fourth-order valence-electron chi connectivity index (χ4n) is 0.928. The second-order valence-corrected chi connectivity index (χ2v) is 4.12. The molecule has 15 heavy (non-hydrogen) atoms. The molecule has 0 radical (unpaired) electrons. The molecule has 0 aliphatic rings. The maximum Gasteiger partial charge on any atom is 0.294 e. The standard InChI is InChI=1S/C9H9NO4S/c1-2-9(11)10-7-4-3-5-8(6-7)15(12,13)14/h2-6H,1H2,(H,10,11)(H,12,13,14). The molecule has 0 atom stereocenters. The van der Waals surface area contributed by atoms with E-state index in [9.17, 15) is 13.2 Å². The molecular formula is C9H9NO4S. The molecule has 1 rings (SSSR count). The molecule has 0 fully saturated rings. The number of rotatable bonds is 3. The van der Waals surface area contributed by atoms with Crippen LogP contribution in [0.3, 0.4) is 0 Å². The van der Waals surface area contributed by atoms with E-state index in [1.54, 1.807) is 0 Å². The van der Waals surface area contributed by atoms with Crippen molar-refractivity contribution in [3.63, 3.8) is 0 Å². The van der Waals surface area contributed by atoms with Crippen LogP contribution >= 0.6 is 0 Å². The summed E-state index contributed by atoms with van der Waals surface area (Å²) in [4.78, 5) is 10.6. The highest BCUT2D eigenvalue weighted by Crippen LogP contribution is 2.14. The van der Waals surface area contributed by atoms with Crippen LogP contribution < -0.4 is 5.32 Å². The molecule has 0 heterocycles. The Morgan fingerprint density at radius 2 is 2.13 bits per heavy atom. The van der Waals surface area contributed by atoms with E-state index >= 15 is 0 Å². The first kappa shape index (κ1) is 11.4. The number of amides is 1. The molecule has 0 saturated carbocycles. The predicted octanol–water partition coefficient (Wildman–Crippen LogP) is 1.06. The average molecular weight is 227 g/mol. The number of benzene rings is 1. The van der Waals surface area contributed by atoms with Gasteiger partial charge in [-0.05, 0) is 24.3 Å². The molecule has 6 heteroatoms. The number of nitrogens with one attached hydrogen (secondary N) is 1. The van der Waals surface area contributed by atoms with E-state index in [0.717, 1.165) is 12.1 Å². The second-order valence-electron chi connectivity index (χ2n) is 2.70. The van der Waals surface area contributed by atoms with E-state index in [1.165, 1.54) is 18.2 Å². The topological polar surface area (TPSA) is 83.5 Å². The van der Waals surface area contributed by atoms with Crippen molar-refractivity contribution >= 4 is 21.7 Å².